The number of carbonyl (C=O) groups is 1. The van der Waals surface area contributed by atoms with Crippen LogP contribution in [0.5, 0.6) is 11.5 Å². The Kier molecular flexibility index (Phi) is 3.43. The van der Waals surface area contributed by atoms with Crippen LogP contribution in [-0.4, -0.2) is 21.3 Å². The summed E-state index contributed by atoms with van der Waals surface area (Å²) in [6, 6.07) is 15.9. The molecular weight excluding hydrogens is 280 g/mol. The third-order valence-electron chi connectivity index (χ3n) is 3.58. The normalized spacial score (nSPS) is 10.7. The first-order valence-electron chi connectivity index (χ1n) is 6.81. The molecule has 110 valence electrons. The number of carboxylic acid groups (broad SMARTS) is 1. The summed E-state index contributed by atoms with van der Waals surface area (Å²) in [5.74, 6) is -1.31. The molecule has 0 unspecified atom stereocenters. The molecule has 22 heavy (non-hydrogen) atoms. The standard InChI is InChI=1S/C18H14O4/c19-13-8-12(9-17(21)22)18(16(20)10-13)15-7-3-5-11-4-1-2-6-14(11)15/h1-8,10,19-20H,9H2,(H,21,22). The minimum absolute atomic E-state index is 0.132. The fourth-order valence-electron chi connectivity index (χ4n) is 2.73. The molecule has 0 atom stereocenters. The van der Waals surface area contributed by atoms with E-state index >= 15 is 0 Å². The maximum Gasteiger partial charge on any atom is 0.307 e. The molecule has 0 bridgehead atoms. The van der Waals surface area contributed by atoms with Crippen molar-refractivity contribution in [2.75, 3.05) is 0 Å². The highest BCUT2D eigenvalue weighted by molar-refractivity contribution is 5.99. The summed E-state index contributed by atoms with van der Waals surface area (Å²) in [4.78, 5) is 11.1. The van der Waals surface area contributed by atoms with Crippen LogP contribution < -0.4 is 0 Å². The highest BCUT2D eigenvalue weighted by Gasteiger charge is 2.16. The minimum Gasteiger partial charge on any atom is -0.508 e. The second kappa shape index (κ2) is 5.41. The predicted octanol–water partition coefficient (Wildman–Crippen LogP) is 3.55. The summed E-state index contributed by atoms with van der Waals surface area (Å²) in [7, 11) is 0. The molecule has 0 saturated heterocycles. The van der Waals surface area contributed by atoms with Crippen LogP contribution in [0.15, 0.2) is 54.6 Å². The number of aromatic hydroxyl groups is 2. The van der Waals surface area contributed by atoms with Gasteiger partial charge < -0.3 is 15.3 Å². The molecule has 0 aliphatic carbocycles. The van der Waals surface area contributed by atoms with E-state index in [0.29, 0.717) is 11.1 Å². The molecule has 0 radical (unpaired) electrons. The van der Waals surface area contributed by atoms with Crippen molar-refractivity contribution in [3.63, 3.8) is 0 Å². The van der Waals surface area contributed by atoms with E-state index in [2.05, 4.69) is 0 Å². The Hall–Kier alpha value is -3.01. The van der Waals surface area contributed by atoms with Crippen molar-refractivity contribution >= 4 is 16.7 Å². The summed E-state index contributed by atoms with van der Waals surface area (Å²) in [6.07, 6.45) is -0.277. The number of phenols is 2. The first kappa shape index (κ1) is 13.9. The van der Waals surface area contributed by atoms with Gasteiger partial charge in [0.15, 0.2) is 0 Å². The molecule has 0 saturated carbocycles. The van der Waals surface area contributed by atoms with Gasteiger partial charge in [0.25, 0.3) is 0 Å². The molecule has 0 aliphatic heterocycles. The predicted molar refractivity (Wildman–Crippen MR) is 84.1 cm³/mol. The van der Waals surface area contributed by atoms with Gasteiger partial charge in [-0.25, -0.2) is 0 Å². The van der Waals surface area contributed by atoms with E-state index in [1.807, 2.05) is 42.5 Å². The fourth-order valence-corrected chi connectivity index (χ4v) is 2.73. The van der Waals surface area contributed by atoms with Crippen LogP contribution in [0.3, 0.4) is 0 Å². The van der Waals surface area contributed by atoms with Crippen molar-refractivity contribution in [1.29, 1.82) is 0 Å². The molecule has 3 aromatic rings. The largest absolute Gasteiger partial charge is 0.508 e. The maximum atomic E-state index is 11.1. The third-order valence-corrected chi connectivity index (χ3v) is 3.58. The molecule has 0 spiro atoms. The topological polar surface area (TPSA) is 77.8 Å². The van der Waals surface area contributed by atoms with E-state index in [4.69, 9.17) is 5.11 Å². The monoisotopic (exact) mass is 294 g/mol. The van der Waals surface area contributed by atoms with Crippen LogP contribution in [0.2, 0.25) is 0 Å². The molecule has 0 aliphatic rings. The van der Waals surface area contributed by atoms with Gasteiger partial charge in [-0.2, -0.15) is 0 Å². The van der Waals surface area contributed by atoms with Crippen LogP contribution in [0, 0.1) is 0 Å². The fraction of sp³-hybridized carbons (Fsp3) is 0.0556. The molecule has 4 heteroatoms. The quantitative estimate of drug-likeness (QED) is 0.690. The molecule has 0 amide bonds. The van der Waals surface area contributed by atoms with Crippen LogP contribution in [0.1, 0.15) is 5.56 Å². The smallest absolute Gasteiger partial charge is 0.307 e. The number of hydrogen-bond acceptors (Lipinski definition) is 3. The first-order chi connectivity index (χ1) is 10.6. The molecular formula is C18H14O4. The van der Waals surface area contributed by atoms with Crippen LogP contribution in [0.25, 0.3) is 21.9 Å². The highest BCUT2D eigenvalue weighted by atomic mass is 16.4. The summed E-state index contributed by atoms with van der Waals surface area (Å²) >= 11 is 0. The Morgan fingerprint density at radius 1 is 0.955 bits per heavy atom. The van der Waals surface area contributed by atoms with Gasteiger partial charge in [-0.3, -0.25) is 4.79 Å². The SMILES string of the molecule is O=C(O)Cc1cc(O)cc(O)c1-c1cccc2ccccc12. The summed E-state index contributed by atoms with van der Waals surface area (Å²) in [5.41, 5.74) is 1.56. The Labute approximate surface area is 126 Å². The zero-order valence-corrected chi connectivity index (χ0v) is 11.7. The first-order valence-corrected chi connectivity index (χ1v) is 6.81. The second-order valence-electron chi connectivity index (χ2n) is 5.10. The van der Waals surface area contributed by atoms with Crippen molar-refractivity contribution < 1.29 is 20.1 Å². The average Bonchev–Trinajstić information content (AvgIpc) is 2.46. The van der Waals surface area contributed by atoms with Crippen molar-refractivity contribution in [2.45, 2.75) is 6.42 Å². The van der Waals surface area contributed by atoms with E-state index in [1.165, 1.54) is 12.1 Å². The molecule has 3 aromatic carbocycles. The lowest BCUT2D eigenvalue weighted by molar-refractivity contribution is -0.136. The Morgan fingerprint density at radius 2 is 1.68 bits per heavy atom. The average molecular weight is 294 g/mol. The molecule has 0 aromatic heterocycles. The Bertz CT molecular complexity index is 863. The van der Waals surface area contributed by atoms with Crippen LogP contribution >= 0.6 is 0 Å². The van der Waals surface area contributed by atoms with Gasteiger partial charge in [-0.05, 0) is 28.0 Å². The van der Waals surface area contributed by atoms with E-state index in [-0.39, 0.29) is 17.9 Å². The van der Waals surface area contributed by atoms with Gasteiger partial charge in [0, 0.05) is 11.6 Å². The van der Waals surface area contributed by atoms with Gasteiger partial charge in [0.2, 0.25) is 0 Å². The number of hydrogen-bond donors (Lipinski definition) is 3. The zero-order chi connectivity index (χ0) is 15.7. The minimum atomic E-state index is -1.02. The van der Waals surface area contributed by atoms with Gasteiger partial charge >= 0.3 is 5.97 Å². The Morgan fingerprint density at radius 3 is 2.45 bits per heavy atom. The van der Waals surface area contributed by atoms with E-state index in [1.54, 1.807) is 0 Å². The molecule has 3 rings (SSSR count). The van der Waals surface area contributed by atoms with E-state index in [9.17, 15) is 15.0 Å². The number of aliphatic carboxylic acids is 1. The number of carboxylic acids is 1. The molecule has 4 nitrogen and oxygen atoms in total. The lowest BCUT2D eigenvalue weighted by atomic mass is 9.92. The lowest BCUT2D eigenvalue weighted by Gasteiger charge is -2.13. The van der Waals surface area contributed by atoms with Crippen molar-refractivity contribution in [2.24, 2.45) is 0 Å². The summed E-state index contributed by atoms with van der Waals surface area (Å²) in [5, 5.41) is 30.9. The third kappa shape index (κ3) is 2.46. The van der Waals surface area contributed by atoms with E-state index in [0.717, 1.165) is 16.3 Å². The summed E-state index contributed by atoms with van der Waals surface area (Å²) < 4.78 is 0. The Balaban J connectivity index is 2.32. The number of fused-ring (bicyclic) bond motifs is 1. The molecule has 0 fully saturated rings. The van der Waals surface area contributed by atoms with Crippen molar-refractivity contribution in [3.05, 3.63) is 60.2 Å². The second-order valence-corrected chi connectivity index (χ2v) is 5.10. The number of benzene rings is 3. The maximum absolute atomic E-state index is 11.1. The lowest BCUT2D eigenvalue weighted by Crippen LogP contribution is -2.02. The van der Waals surface area contributed by atoms with Crippen LogP contribution in [0.4, 0.5) is 0 Å². The van der Waals surface area contributed by atoms with Gasteiger partial charge in [0.1, 0.15) is 11.5 Å². The summed E-state index contributed by atoms with van der Waals surface area (Å²) in [6.45, 7) is 0. The van der Waals surface area contributed by atoms with Crippen molar-refractivity contribution in [1.82, 2.24) is 0 Å². The van der Waals surface area contributed by atoms with Gasteiger partial charge in [-0.1, -0.05) is 42.5 Å². The van der Waals surface area contributed by atoms with E-state index < -0.39 is 5.97 Å². The molecule has 3 N–H and O–H groups in total. The van der Waals surface area contributed by atoms with Crippen molar-refractivity contribution in [3.8, 4) is 22.6 Å². The highest BCUT2D eigenvalue weighted by Crippen LogP contribution is 2.39. The van der Waals surface area contributed by atoms with Gasteiger partial charge in [0.05, 0.1) is 6.42 Å². The number of rotatable bonds is 3. The number of phenolic OH excluding ortho intramolecular Hbond substituents is 2. The zero-order valence-electron chi connectivity index (χ0n) is 11.7. The van der Waals surface area contributed by atoms with Crippen LogP contribution in [-0.2, 0) is 11.2 Å². The van der Waals surface area contributed by atoms with Gasteiger partial charge in [-0.15, -0.1) is 0 Å². The molecule has 0 heterocycles.